The van der Waals surface area contributed by atoms with Gasteiger partial charge in [-0.1, -0.05) is 19.1 Å². The van der Waals surface area contributed by atoms with Crippen LogP contribution in [0.5, 0.6) is 0 Å². The first kappa shape index (κ1) is 19.4. The molecular formula is C20H21NO5S. The van der Waals surface area contributed by atoms with Crippen molar-refractivity contribution in [1.29, 1.82) is 0 Å². The molecule has 4 atom stereocenters. The number of Topliss-reactive ketones (excluding diaryl/α,β-unsaturated/α-hetero) is 1. The minimum Gasteiger partial charge on any atom is -0.481 e. The number of ketones is 1. The van der Waals surface area contributed by atoms with Crippen molar-refractivity contribution in [1.82, 2.24) is 0 Å². The Hall–Kier alpha value is -2.41. The number of hydrogen-bond acceptors (Lipinski definition) is 5. The summed E-state index contributed by atoms with van der Waals surface area (Å²) in [6.45, 7) is 3.38. The van der Waals surface area contributed by atoms with Crippen LogP contribution in [0.3, 0.4) is 0 Å². The number of thioether (sulfide) groups is 1. The van der Waals surface area contributed by atoms with Gasteiger partial charge in [0.2, 0.25) is 0 Å². The van der Waals surface area contributed by atoms with Crippen molar-refractivity contribution in [3.63, 3.8) is 0 Å². The van der Waals surface area contributed by atoms with E-state index in [0.717, 1.165) is 4.90 Å². The number of hydrogen-bond donors (Lipinski definition) is 2. The largest absolute Gasteiger partial charge is 0.481 e. The Labute approximate surface area is 161 Å². The zero-order valence-electron chi connectivity index (χ0n) is 15.3. The maximum atomic E-state index is 13.1. The lowest BCUT2D eigenvalue weighted by atomic mass is 9.67. The van der Waals surface area contributed by atoms with Crippen LogP contribution in [0.4, 0.5) is 0 Å². The van der Waals surface area contributed by atoms with Gasteiger partial charge in [0.1, 0.15) is 11.8 Å². The van der Waals surface area contributed by atoms with Gasteiger partial charge in [-0.15, -0.1) is 11.8 Å². The highest BCUT2D eigenvalue weighted by molar-refractivity contribution is 7.98. The highest BCUT2D eigenvalue weighted by Crippen LogP contribution is 2.46. The molecule has 0 radical (unpaired) electrons. The molecular weight excluding hydrogens is 366 g/mol. The second-order valence-electron chi connectivity index (χ2n) is 7.04. The molecule has 142 valence electrons. The smallest absolute Gasteiger partial charge is 0.314 e. The Balaban J connectivity index is 2.19. The van der Waals surface area contributed by atoms with Gasteiger partial charge in [0.15, 0.2) is 5.78 Å². The minimum absolute atomic E-state index is 0.246. The molecule has 0 spiro atoms. The molecule has 0 bridgehead atoms. The van der Waals surface area contributed by atoms with Gasteiger partial charge in [-0.2, -0.15) is 0 Å². The number of benzene rings is 1. The molecule has 1 heterocycles. The third-order valence-electron chi connectivity index (χ3n) is 5.36. The lowest BCUT2D eigenvalue weighted by Gasteiger charge is -2.37. The zero-order chi connectivity index (χ0) is 19.9. The summed E-state index contributed by atoms with van der Waals surface area (Å²) in [5.41, 5.74) is 1.90. The van der Waals surface area contributed by atoms with E-state index in [1.807, 2.05) is 30.5 Å². The van der Waals surface area contributed by atoms with E-state index in [9.17, 15) is 24.6 Å². The molecule has 2 N–H and O–H groups in total. The average molecular weight is 387 g/mol. The number of carbonyl (C=O) groups excluding carboxylic acids is 1. The van der Waals surface area contributed by atoms with E-state index >= 15 is 0 Å². The molecule has 0 amide bonds. The molecule has 0 fully saturated rings. The Morgan fingerprint density at radius 2 is 1.70 bits per heavy atom. The number of carbonyl (C=O) groups is 3. The fraction of sp³-hybridized carbons (Fsp3) is 0.400. The van der Waals surface area contributed by atoms with Gasteiger partial charge >= 0.3 is 11.9 Å². The van der Waals surface area contributed by atoms with Crippen molar-refractivity contribution >= 4 is 35.2 Å². The molecule has 6 nitrogen and oxygen atoms in total. The van der Waals surface area contributed by atoms with Crippen molar-refractivity contribution in [3.05, 3.63) is 41.1 Å². The molecule has 1 aromatic rings. The summed E-state index contributed by atoms with van der Waals surface area (Å²) in [4.78, 5) is 42.2. The molecule has 0 saturated heterocycles. The molecule has 27 heavy (non-hydrogen) atoms. The number of rotatable bonds is 4. The highest BCUT2D eigenvalue weighted by Gasteiger charge is 2.48. The predicted octanol–water partition coefficient (Wildman–Crippen LogP) is 3.23. The molecule has 4 unspecified atom stereocenters. The van der Waals surface area contributed by atoms with Crippen molar-refractivity contribution in [2.75, 3.05) is 6.26 Å². The summed E-state index contributed by atoms with van der Waals surface area (Å²) < 4.78 is 0. The number of carboxylic acids is 2. The van der Waals surface area contributed by atoms with E-state index in [4.69, 9.17) is 0 Å². The van der Waals surface area contributed by atoms with E-state index in [2.05, 4.69) is 4.99 Å². The fourth-order valence-electron chi connectivity index (χ4n) is 4.08. The van der Waals surface area contributed by atoms with Crippen LogP contribution < -0.4 is 0 Å². The maximum Gasteiger partial charge on any atom is 0.314 e. The molecule has 7 heteroatoms. The summed E-state index contributed by atoms with van der Waals surface area (Å²) in [5, 5.41) is 19.3. The monoisotopic (exact) mass is 387 g/mol. The van der Waals surface area contributed by atoms with Gasteiger partial charge in [0.25, 0.3) is 0 Å². The summed E-state index contributed by atoms with van der Waals surface area (Å²) in [6.07, 6.45) is 2.29. The molecule has 0 aromatic heterocycles. The van der Waals surface area contributed by atoms with Crippen LogP contribution in [0, 0.1) is 17.8 Å². The maximum absolute atomic E-state index is 13.1. The van der Waals surface area contributed by atoms with E-state index < -0.39 is 35.5 Å². The summed E-state index contributed by atoms with van der Waals surface area (Å²) in [5.74, 6) is -6.03. The summed E-state index contributed by atoms with van der Waals surface area (Å²) in [6, 6.07) is 7.39. The quantitative estimate of drug-likeness (QED) is 0.607. The topological polar surface area (TPSA) is 104 Å². The number of carboxylic acid groups (broad SMARTS) is 2. The highest BCUT2D eigenvalue weighted by atomic mass is 32.2. The Kier molecular flexibility index (Phi) is 5.24. The standard InChI is InChI=1S/C20H21NO5S/c1-9-8-13-17(18(22)14(9)19(23)24)16(15(20(25)26)10(2)21-13)11-4-6-12(27-3)7-5-11/h4-7,9,14-16H,8H2,1-3H3,(H,23,24)(H,25,26). The first-order valence-electron chi connectivity index (χ1n) is 8.68. The van der Waals surface area contributed by atoms with Gasteiger partial charge in [-0.05, 0) is 43.2 Å². The minimum atomic E-state index is -1.17. The molecule has 0 saturated carbocycles. The van der Waals surface area contributed by atoms with E-state index in [1.54, 1.807) is 25.6 Å². The first-order valence-corrected chi connectivity index (χ1v) is 9.90. The van der Waals surface area contributed by atoms with E-state index in [0.29, 0.717) is 23.4 Å². The average Bonchev–Trinajstić information content (AvgIpc) is 2.59. The third kappa shape index (κ3) is 3.32. The van der Waals surface area contributed by atoms with Crippen LogP contribution in [0.2, 0.25) is 0 Å². The van der Waals surface area contributed by atoms with E-state index in [1.165, 1.54) is 0 Å². The fourth-order valence-corrected chi connectivity index (χ4v) is 4.49. The Bertz CT molecular complexity index is 871. The van der Waals surface area contributed by atoms with Gasteiger partial charge in [0, 0.05) is 27.8 Å². The number of aliphatic imine (C=N–C) groups is 1. The second kappa shape index (κ2) is 7.31. The Morgan fingerprint density at radius 1 is 1.11 bits per heavy atom. The molecule has 2 aliphatic rings. The van der Waals surface area contributed by atoms with Crippen molar-refractivity contribution in [2.24, 2.45) is 22.7 Å². The molecule has 3 rings (SSSR count). The van der Waals surface area contributed by atoms with Crippen LogP contribution in [0.25, 0.3) is 0 Å². The van der Waals surface area contributed by atoms with Gasteiger partial charge in [-0.25, -0.2) is 0 Å². The third-order valence-corrected chi connectivity index (χ3v) is 6.10. The predicted molar refractivity (Wildman–Crippen MR) is 102 cm³/mol. The van der Waals surface area contributed by atoms with Crippen LogP contribution in [-0.2, 0) is 14.4 Å². The zero-order valence-corrected chi connectivity index (χ0v) is 16.1. The van der Waals surface area contributed by atoms with Gasteiger partial charge in [0.05, 0.1) is 0 Å². The van der Waals surface area contributed by atoms with Crippen molar-refractivity contribution in [3.8, 4) is 0 Å². The molecule has 1 aliphatic carbocycles. The van der Waals surface area contributed by atoms with E-state index in [-0.39, 0.29) is 11.5 Å². The summed E-state index contributed by atoms with van der Waals surface area (Å²) >= 11 is 1.56. The first-order chi connectivity index (χ1) is 12.8. The van der Waals surface area contributed by atoms with Crippen LogP contribution in [0.15, 0.2) is 45.4 Å². The Morgan fingerprint density at radius 3 is 2.22 bits per heavy atom. The second-order valence-corrected chi connectivity index (χ2v) is 7.92. The number of aliphatic carboxylic acids is 2. The van der Waals surface area contributed by atoms with Crippen LogP contribution >= 0.6 is 11.8 Å². The van der Waals surface area contributed by atoms with Gasteiger partial charge in [-0.3, -0.25) is 19.4 Å². The van der Waals surface area contributed by atoms with Gasteiger partial charge < -0.3 is 10.2 Å². The van der Waals surface area contributed by atoms with Crippen LogP contribution in [-0.4, -0.2) is 39.9 Å². The van der Waals surface area contributed by atoms with Crippen LogP contribution in [0.1, 0.15) is 31.7 Å². The SMILES string of the molecule is CSc1ccc(C2C3=C(CC(C)C(C(=O)O)C3=O)N=C(C)C2C(=O)O)cc1. The number of nitrogens with zero attached hydrogens (tertiary/aromatic N) is 1. The molecule has 1 aromatic carbocycles. The lowest BCUT2D eigenvalue weighted by molar-refractivity contribution is -0.147. The van der Waals surface area contributed by atoms with Crippen molar-refractivity contribution in [2.45, 2.75) is 31.1 Å². The lowest BCUT2D eigenvalue weighted by Crippen LogP contribution is -2.42. The number of allylic oxidation sites excluding steroid dienone is 2. The van der Waals surface area contributed by atoms with Crippen molar-refractivity contribution < 1.29 is 24.6 Å². The summed E-state index contributed by atoms with van der Waals surface area (Å²) in [7, 11) is 0. The normalized spacial score (nSPS) is 27.8. The molecule has 1 aliphatic heterocycles.